The molecule has 3 heteroatoms. The summed E-state index contributed by atoms with van der Waals surface area (Å²) in [6.45, 7) is 2.23. The molecular formula is C11H14O3. The zero-order valence-electron chi connectivity index (χ0n) is 8.14. The smallest absolute Gasteiger partial charge is 0.305 e. The lowest BCUT2D eigenvalue weighted by Crippen LogP contribution is -2.13. The van der Waals surface area contributed by atoms with Gasteiger partial charge in [-0.15, -0.1) is 0 Å². The first-order chi connectivity index (χ1) is 6.68. The quantitative estimate of drug-likeness (QED) is 0.780. The van der Waals surface area contributed by atoms with Crippen molar-refractivity contribution in [1.82, 2.24) is 0 Å². The highest BCUT2D eigenvalue weighted by molar-refractivity contribution is 5.67. The largest absolute Gasteiger partial charge is 0.481 e. The van der Waals surface area contributed by atoms with Crippen LogP contribution >= 0.6 is 0 Å². The predicted molar refractivity (Wildman–Crippen MR) is 52.9 cm³/mol. The minimum Gasteiger partial charge on any atom is -0.481 e. The molecule has 0 fully saturated rings. The summed E-state index contributed by atoms with van der Waals surface area (Å²) in [6, 6.07) is 9.70. The first kappa shape index (κ1) is 10.7. The summed E-state index contributed by atoms with van der Waals surface area (Å²) in [5.74, 6) is -0.828. The topological polar surface area (TPSA) is 46.5 Å². The van der Waals surface area contributed by atoms with Crippen molar-refractivity contribution in [2.45, 2.75) is 26.1 Å². The van der Waals surface area contributed by atoms with E-state index in [0.29, 0.717) is 6.61 Å². The molecule has 1 rings (SSSR count). The van der Waals surface area contributed by atoms with E-state index in [-0.39, 0.29) is 12.5 Å². The molecule has 0 aliphatic heterocycles. The van der Waals surface area contributed by atoms with Gasteiger partial charge in [-0.3, -0.25) is 4.79 Å². The number of carboxylic acid groups (broad SMARTS) is 1. The maximum Gasteiger partial charge on any atom is 0.305 e. The lowest BCUT2D eigenvalue weighted by atomic mass is 10.2. The zero-order valence-corrected chi connectivity index (χ0v) is 8.14. The van der Waals surface area contributed by atoms with E-state index in [0.717, 1.165) is 5.56 Å². The van der Waals surface area contributed by atoms with Crippen LogP contribution in [0.4, 0.5) is 0 Å². The van der Waals surface area contributed by atoms with Crippen LogP contribution in [-0.4, -0.2) is 17.2 Å². The molecule has 0 aliphatic rings. The van der Waals surface area contributed by atoms with Gasteiger partial charge in [0.05, 0.1) is 19.1 Å². The average Bonchev–Trinajstić information content (AvgIpc) is 2.15. The summed E-state index contributed by atoms with van der Waals surface area (Å²) < 4.78 is 5.36. The number of rotatable bonds is 5. The van der Waals surface area contributed by atoms with Gasteiger partial charge in [-0.05, 0) is 12.5 Å². The van der Waals surface area contributed by atoms with E-state index in [1.165, 1.54) is 0 Å². The molecule has 1 atom stereocenters. The third kappa shape index (κ3) is 4.05. The number of carbonyl (C=O) groups is 1. The van der Waals surface area contributed by atoms with Crippen molar-refractivity contribution in [2.24, 2.45) is 0 Å². The Morgan fingerprint density at radius 1 is 1.43 bits per heavy atom. The Bertz CT molecular complexity index is 282. The highest BCUT2D eigenvalue weighted by Crippen LogP contribution is 2.05. The molecule has 0 amide bonds. The molecule has 0 saturated heterocycles. The fourth-order valence-electron chi connectivity index (χ4n) is 1.12. The maximum atomic E-state index is 10.3. The van der Waals surface area contributed by atoms with E-state index in [9.17, 15) is 4.79 Å². The minimum atomic E-state index is -0.828. The maximum absolute atomic E-state index is 10.3. The molecule has 1 N–H and O–H groups in total. The standard InChI is InChI=1S/C11H14O3/c1-9(7-11(12)13)14-8-10-5-3-2-4-6-10/h2-6,9H,7-8H2,1H3,(H,12,13). The van der Waals surface area contributed by atoms with Crippen LogP contribution in [0.15, 0.2) is 30.3 Å². The Labute approximate surface area is 83.3 Å². The molecule has 0 bridgehead atoms. The highest BCUT2D eigenvalue weighted by atomic mass is 16.5. The fraction of sp³-hybridized carbons (Fsp3) is 0.364. The van der Waals surface area contributed by atoms with Crippen LogP contribution in [-0.2, 0) is 16.1 Å². The second kappa shape index (κ2) is 5.40. The van der Waals surface area contributed by atoms with Crippen LogP contribution in [0.2, 0.25) is 0 Å². The Morgan fingerprint density at radius 3 is 2.64 bits per heavy atom. The van der Waals surface area contributed by atoms with Crippen LogP contribution in [0, 0.1) is 0 Å². The summed E-state index contributed by atoms with van der Waals surface area (Å²) in [5.41, 5.74) is 1.06. The number of ether oxygens (including phenoxy) is 1. The second-order valence-electron chi connectivity index (χ2n) is 3.21. The average molecular weight is 194 g/mol. The molecule has 0 heterocycles. The van der Waals surface area contributed by atoms with Gasteiger partial charge in [0.2, 0.25) is 0 Å². The minimum absolute atomic E-state index is 0.0484. The third-order valence-corrected chi connectivity index (χ3v) is 1.84. The van der Waals surface area contributed by atoms with E-state index < -0.39 is 5.97 Å². The van der Waals surface area contributed by atoms with Gasteiger partial charge in [0.1, 0.15) is 0 Å². The number of hydrogen-bond acceptors (Lipinski definition) is 2. The summed E-state index contributed by atoms with van der Waals surface area (Å²) in [5, 5.41) is 8.50. The van der Waals surface area contributed by atoms with E-state index in [1.54, 1.807) is 6.92 Å². The number of aliphatic carboxylic acids is 1. The molecule has 14 heavy (non-hydrogen) atoms. The number of benzene rings is 1. The van der Waals surface area contributed by atoms with E-state index >= 15 is 0 Å². The van der Waals surface area contributed by atoms with Gasteiger partial charge in [-0.25, -0.2) is 0 Å². The molecule has 1 unspecified atom stereocenters. The summed E-state index contributed by atoms with van der Waals surface area (Å²) in [6.07, 6.45) is -0.194. The van der Waals surface area contributed by atoms with Crippen LogP contribution in [0.3, 0.4) is 0 Å². The van der Waals surface area contributed by atoms with Crippen molar-refractivity contribution in [3.63, 3.8) is 0 Å². The molecule has 3 nitrogen and oxygen atoms in total. The van der Waals surface area contributed by atoms with E-state index in [1.807, 2.05) is 30.3 Å². The summed E-state index contributed by atoms with van der Waals surface area (Å²) >= 11 is 0. The van der Waals surface area contributed by atoms with Gasteiger partial charge in [0, 0.05) is 0 Å². The van der Waals surface area contributed by atoms with Crippen LogP contribution < -0.4 is 0 Å². The van der Waals surface area contributed by atoms with Gasteiger partial charge >= 0.3 is 5.97 Å². The monoisotopic (exact) mass is 194 g/mol. The lowest BCUT2D eigenvalue weighted by Gasteiger charge is -2.10. The van der Waals surface area contributed by atoms with Gasteiger partial charge < -0.3 is 9.84 Å². The van der Waals surface area contributed by atoms with Crippen molar-refractivity contribution in [3.8, 4) is 0 Å². The first-order valence-corrected chi connectivity index (χ1v) is 4.56. The van der Waals surface area contributed by atoms with Crippen molar-refractivity contribution in [2.75, 3.05) is 0 Å². The molecule has 76 valence electrons. The Kier molecular flexibility index (Phi) is 4.13. The number of hydrogen-bond donors (Lipinski definition) is 1. The van der Waals surface area contributed by atoms with Crippen LogP contribution in [0.25, 0.3) is 0 Å². The van der Waals surface area contributed by atoms with Crippen molar-refractivity contribution in [3.05, 3.63) is 35.9 Å². The fourth-order valence-corrected chi connectivity index (χ4v) is 1.12. The predicted octanol–water partition coefficient (Wildman–Crippen LogP) is 2.07. The normalized spacial score (nSPS) is 12.4. The van der Waals surface area contributed by atoms with Crippen molar-refractivity contribution < 1.29 is 14.6 Å². The molecule has 0 aliphatic carbocycles. The van der Waals surface area contributed by atoms with Crippen LogP contribution in [0.1, 0.15) is 18.9 Å². The van der Waals surface area contributed by atoms with E-state index in [4.69, 9.17) is 9.84 Å². The van der Waals surface area contributed by atoms with Gasteiger partial charge in [0.25, 0.3) is 0 Å². The SMILES string of the molecule is CC(CC(=O)O)OCc1ccccc1. The lowest BCUT2D eigenvalue weighted by molar-refractivity contribution is -0.140. The van der Waals surface area contributed by atoms with Gasteiger partial charge in [-0.2, -0.15) is 0 Å². The Hall–Kier alpha value is -1.35. The molecular weight excluding hydrogens is 180 g/mol. The molecule has 0 saturated carbocycles. The molecule has 1 aromatic carbocycles. The molecule has 0 spiro atoms. The highest BCUT2D eigenvalue weighted by Gasteiger charge is 2.07. The van der Waals surface area contributed by atoms with E-state index in [2.05, 4.69) is 0 Å². The third-order valence-electron chi connectivity index (χ3n) is 1.84. The summed E-state index contributed by atoms with van der Waals surface area (Å²) in [4.78, 5) is 10.3. The van der Waals surface area contributed by atoms with Crippen LogP contribution in [0.5, 0.6) is 0 Å². The molecule has 1 aromatic rings. The first-order valence-electron chi connectivity index (χ1n) is 4.56. The Morgan fingerprint density at radius 2 is 2.07 bits per heavy atom. The zero-order chi connectivity index (χ0) is 10.4. The van der Waals surface area contributed by atoms with Gasteiger partial charge in [-0.1, -0.05) is 30.3 Å². The van der Waals surface area contributed by atoms with Gasteiger partial charge in [0.15, 0.2) is 0 Å². The van der Waals surface area contributed by atoms with Crippen molar-refractivity contribution >= 4 is 5.97 Å². The summed E-state index contributed by atoms with van der Waals surface area (Å²) in [7, 11) is 0. The van der Waals surface area contributed by atoms with Crippen molar-refractivity contribution in [1.29, 1.82) is 0 Å². The second-order valence-corrected chi connectivity index (χ2v) is 3.21. The molecule has 0 radical (unpaired) electrons. The Balaban J connectivity index is 2.30. The number of carboxylic acids is 1. The molecule has 0 aromatic heterocycles.